The zero-order valence-electron chi connectivity index (χ0n) is 13.6. The zero-order valence-corrected chi connectivity index (χ0v) is 14.4. The Hall–Kier alpha value is -2.04. The van der Waals surface area contributed by atoms with Gasteiger partial charge in [-0.05, 0) is 23.3 Å². The lowest BCUT2D eigenvalue weighted by atomic mass is 9.89. The van der Waals surface area contributed by atoms with Crippen LogP contribution in [-0.4, -0.2) is 36.2 Å². The lowest BCUT2D eigenvalue weighted by Gasteiger charge is -2.16. The molecule has 1 saturated heterocycles. The van der Waals surface area contributed by atoms with Crippen molar-refractivity contribution in [2.45, 2.75) is 12.5 Å². The molecule has 4 nitrogen and oxygen atoms in total. The molecular formula is C19H22ClNO3. The molecule has 24 heavy (non-hydrogen) atoms. The van der Waals surface area contributed by atoms with E-state index in [2.05, 4.69) is 17.0 Å². The highest BCUT2D eigenvalue weighted by atomic mass is 35.5. The van der Waals surface area contributed by atoms with Gasteiger partial charge in [-0.25, -0.2) is 0 Å². The van der Waals surface area contributed by atoms with E-state index in [1.54, 1.807) is 7.11 Å². The fourth-order valence-corrected chi connectivity index (χ4v) is 3.30. The van der Waals surface area contributed by atoms with Gasteiger partial charge in [0.1, 0.15) is 5.75 Å². The number of halogens is 1. The number of carboxylic acid groups (broad SMARTS) is 1. The number of carbonyl (C=O) groups is 1. The topological polar surface area (TPSA) is 49.8 Å². The van der Waals surface area contributed by atoms with Crippen molar-refractivity contribution in [3.05, 3.63) is 65.7 Å². The Morgan fingerprint density at radius 1 is 1.12 bits per heavy atom. The van der Waals surface area contributed by atoms with Crippen LogP contribution in [0.25, 0.3) is 0 Å². The third-order valence-corrected chi connectivity index (χ3v) is 4.51. The molecule has 0 saturated carbocycles. The molecule has 0 bridgehead atoms. The molecule has 5 heteroatoms. The standard InChI is InChI=1S/C19H21NO3.ClH/c1-23-16-9-7-15(8-10-16)17-12-20(13-18(17)19(21)22)11-14-5-3-2-4-6-14;/h2-10,17-18H,11-13H2,1H3,(H,21,22);1H. The molecule has 0 aliphatic carbocycles. The van der Waals surface area contributed by atoms with E-state index in [0.29, 0.717) is 6.54 Å². The Labute approximate surface area is 148 Å². The number of likely N-dealkylation sites (tertiary alicyclic amines) is 1. The quantitative estimate of drug-likeness (QED) is 0.900. The lowest BCUT2D eigenvalue weighted by Crippen LogP contribution is -2.23. The number of hydrogen-bond acceptors (Lipinski definition) is 3. The van der Waals surface area contributed by atoms with Crippen LogP contribution >= 0.6 is 12.4 Å². The summed E-state index contributed by atoms with van der Waals surface area (Å²) in [5.41, 5.74) is 2.28. The van der Waals surface area contributed by atoms with Gasteiger partial charge in [-0.1, -0.05) is 42.5 Å². The summed E-state index contributed by atoms with van der Waals surface area (Å²) < 4.78 is 5.18. The Morgan fingerprint density at radius 2 is 1.79 bits per heavy atom. The van der Waals surface area contributed by atoms with Crippen molar-refractivity contribution in [1.29, 1.82) is 0 Å². The van der Waals surface area contributed by atoms with Crippen molar-refractivity contribution in [1.82, 2.24) is 4.90 Å². The Morgan fingerprint density at radius 3 is 2.38 bits per heavy atom. The highest BCUT2D eigenvalue weighted by Crippen LogP contribution is 2.34. The van der Waals surface area contributed by atoms with Crippen molar-refractivity contribution in [2.75, 3.05) is 20.2 Å². The molecule has 0 aromatic heterocycles. The smallest absolute Gasteiger partial charge is 0.308 e. The minimum Gasteiger partial charge on any atom is -0.497 e. The van der Waals surface area contributed by atoms with Crippen molar-refractivity contribution in [3.63, 3.8) is 0 Å². The molecular weight excluding hydrogens is 326 g/mol. The Bertz CT molecular complexity index is 660. The average molecular weight is 348 g/mol. The first kappa shape index (κ1) is 18.3. The van der Waals surface area contributed by atoms with Gasteiger partial charge in [0.05, 0.1) is 13.0 Å². The first-order valence-electron chi connectivity index (χ1n) is 7.80. The lowest BCUT2D eigenvalue weighted by molar-refractivity contribution is -0.141. The maximum absolute atomic E-state index is 11.7. The number of nitrogens with zero attached hydrogens (tertiary/aromatic N) is 1. The average Bonchev–Trinajstić information content (AvgIpc) is 3.00. The molecule has 3 rings (SSSR count). The fourth-order valence-electron chi connectivity index (χ4n) is 3.30. The summed E-state index contributed by atoms with van der Waals surface area (Å²) in [5, 5.41) is 9.58. The SMILES string of the molecule is COc1ccc(C2CN(Cc3ccccc3)CC2C(=O)O)cc1.Cl. The molecule has 0 spiro atoms. The summed E-state index contributed by atoms with van der Waals surface area (Å²) in [7, 11) is 1.63. The molecule has 0 radical (unpaired) electrons. The van der Waals surface area contributed by atoms with Crippen LogP contribution in [0.5, 0.6) is 5.75 Å². The van der Waals surface area contributed by atoms with E-state index in [4.69, 9.17) is 4.74 Å². The van der Waals surface area contributed by atoms with E-state index in [9.17, 15) is 9.90 Å². The van der Waals surface area contributed by atoms with Gasteiger partial charge < -0.3 is 9.84 Å². The summed E-state index contributed by atoms with van der Waals surface area (Å²) in [6, 6.07) is 17.9. The van der Waals surface area contributed by atoms with Gasteiger partial charge in [0.25, 0.3) is 0 Å². The van der Waals surface area contributed by atoms with E-state index >= 15 is 0 Å². The number of hydrogen-bond donors (Lipinski definition) is 1. The maximum Gasteiger partial charge on any atom is 0.308 e. The summed E-state index contributed by atoms with van der Waals surface area (Å²) in [4.78, 5) is 13.9. The number of methoxy groups -OCH3 is 1. The zero-order chi connectivity index (χ0) is 16.2. The fraction of sp³-hybridized carbons (Fsp3) is 0.316. The molecule has 1 aliphatic rings. The van der Waals surface area contributed by atoms with Gasteiger partial charge in [0.15, 0.2) is 0 Å². The van der Waals surface area contributed by atoms with Crippen LogP contribution in [0.3, 0.4) is 0 Å². The van der Waals surface area contributed by atoms with Crippen LogP contribution in [0.4, 0.5) is 0 Å². The maximum atomic E-state index is 11.7. The van der Waals surface area contributed by atoms with Crippen LogP contribution in [-0.2, 0) is 11.3 Å². The van der Waals surface area contributed by atoms with Crippen molar-refractivity contribution < 1.29 is 14.6 Å². The summed E-state index contributed by atoms with van der Waals surface area (Å²) in [6.07, 6.45) is 0. The molecule has 2 aromatic carbocycles. The normalized spacial score (nSPS) is 20.4. The van der Waals surface area contributed by atoms with Gasteiger partial charge in [-0.15, -0.1) is 12.4 Å². The highest BCUT2D eigenvalue weighted by Gasteiger charge is 2.38. The summed E-state index contributed by atoms with van der Waals surface area (Å²) >= 11 is 0. The molecule has 1 N–H and O–H groups in total. The second kappa shape index (κ2) is 8.18. The molecule has 1 fully saturated rings. The highest BCUT2D eigenvalue weighted by molar-refractivity contribution is 5.85. The van der Waals surface area contributed by atoms with E-state index in [-0.39, 0.29) is 24.2 Å². The first-order valence-corrected chi connectivity index (χ1v) is 7.80. The number of ether oxygens (including phenoxy) is 1. The van der Waals surface area contributed by atoms with Crippen molar-refractivity contribution in [2.24, 2.45) is 5.92 Å². The second-order valence-electron chi connectivity index (χ2n) is 6.00. The molecule has 2 aromatic rings. The predicted octanol–water partition coefficient (Wildman–Crippen LogP) is 3.42. The third-order valence-electron chi connectivity index (χ3n) is 4.51. The van der Waals surface area contributed by atoms with Gasteiger partial charge >= 0.3 is 5.97 Å². The van der Waals surface area contributed by atoms with E-state index in [1.165, 1.54) is 5.56 Å². The van der Waals surface area contributed by atoms with Gasteiger partial charge in [-0.3, -0.25) is 9.69 Å². The molecule has 0 amide bonds. The summed E-state index contributed by atoms with van der Waals surface area (Å²) in [6.45, 7) is 2.14. The molecule has 2 atom stereocenters. The predicted molar refractivity (Wildman–Crippen MR) is 95.8 cm³/mol. The number of rotatable bonds is 5. The van der Waals surface area contributed by atoms with Crippen LogP contribution in [0, 0.1) is 5.92 Å². The van der Waals surface area contributed by atoms with Crippen molar-refractivity contribution in [3.8, 4) is 5.75 Å². The van der Waals surface area contributed by atoms with Gasteiger partial charge in [0.2, 0.25) is 0 Å². The molecule has 1 heterocycles. The second-order valence-corrected chi connectivity index (χ2v) is 6.00. The number of carboxylic acids is 1. The Kier molecular flexibility index (Phi) is 6.23. The number of benzene rings is 2. The summed E-state index contributed by atoms with van der Waals surface area (Å²) in [5.74, 6) is -0.282. The van der Waals surface area contributed by atoms with Gasteiger partial charge in [-0.2, -0.15) is 0 Å². The van der Waals surface area contributed by atoms with E-state index < -0.39 is 5.97 Å². The van der Waals surface area contributed by atoms with Crippen LogP contribution in [0.15, 0.2) is 54.6 Å². The van der Waals surface area contributed by atoms with Crippen LogP contribution in [0.2, 0.25) is 0 Å². The first-order chi connectivity index (χ1) is 11.2. The van der Waals surface area contributed by atoms with Crippen LogP contribution in [0.1, 0.15) is 17.0 Å². The third kappa shape index (κ3) is 4.08. The largest absolute Gasteiger partial charge is 0.497 e. The van der Waals surface area contributed by atoms with E-state index in [0.717, 1.165) is 24.4 Å². The number of aliphatic carboxylic acids is 1. The minimum absolute atomic E-state index is 0. The monoisotopic (exact) mass is 347 g/mol. The van der Waals surface area contributed by atoms with E-state index in [1.807, 2.05) is 42.5 Å². The van der Waals surface area contributed by atoms with Crippen LogP contribution < -0.4 is 4.74 Å². The minimum atomic E-state index is -0.721. The molecule has 128 valence electrons. The van der Waals surface area contributed by atoms with Crippen molar-refractivity contribution >= 4 is 18.4 Å². The Balaban J connectivity index is 0.00000208. The van der Waals surface area contributed by atoms with Gasteiger partial charge in [0, 0.05) is 25.6 Å². The molecule has 1 aliphatic heterocycles. The molecule has 2 unspecified atom stereocenters.